The van der Waals surface area contributed by atoms with Crippen molar-refractivity contribution >= 4 is 5.97 Å². The van der Waals surface area contributed by atoms with Crippen molar-refractivity contribution in [2.45, 2.75) is 38.8 Å². The largest absolute Gasteiger partial charge is 0.481 e. The van der Waals surface area contributed by atoms with Gasteiger partial charge in [-0.05, 0) is 44.1 Å². The molecule has 1 aromatic carbocycles. The van der Waals surface area contributed by atoms with E-state index in [-0.39, 0.29) is 6.42 Å². The van der Waals surface area contributed by atoms with Gasteiger partial charge in [-0.1, -0.05) is 31.2 Å². The predicted octanol–water partition coefficient (Wildman–Crippen LogP) is 2.23. The van der Waals surface area contributed by atoms with E-state index in [2.05, 4.69) is 23.8 Å². The summed E-state index contributed by atoms with van der Waals surface area (Å²) in [6, 6.07) is 8.51. The molecule has 1 saturated heterocycles. The zero-order valence-corrected chi connectivity index (χ0v) is 13.1. The van der Waals surface area contributed by atoms with Gasteiger partial charge in [0, 0.05) is 19.1 Å². The number of likely N-dealkylation sites (tertiary alicyclic amines) is 1. The number of carbonyl (C=O) groups is 1. The van der Waals surface area contributed by atoms with Crippen molar-refractivity contribution in [2.75, 3.05) is 26.7 Å². The first kappa shape index (κ1) is 16.0. The highest BCUT2D eigenvalue weighted by Gasteiger charge is 2.24. The molecule has 2 rings (SSSR count). The van der Waals surface area contributed by atoms with Crippen LogP contribution in [0.15, 0.2) is 24.3 Å². The highest BCUT2D eigenvalue weighted by molar-refractivity contribution is 5.70. The van der Waals surface area contributed by atoms with Gasteiger partial charge >= 0.3 is 5.97 Å². The van der Waals surface area contributed by atoms with Crippen molar-refractivity contribution in [2.24, 2.45) is 0 Å². The second-order valence-electron chi connectivity index (χ2n) is 5.96. The van der Waals surface area contributed by atoms with E-state index in [1.807, 2.05) is 24.3 Å². The molecule has 0 radical (unpaired) electrons. The maximum Gasteiger partial charge on any atom is 0.307 e. The first-order chi connectivity index (χ1) is 10.1. The number of likely N-dealkylation sites (N-methyl/N-ethyl adjacent to an activating group) is 2. The van der Waals surface area contributed by atoms with Crippen LogP contribution >= 0.6 is 0 Å². The number of carboxylic acids is 1. The quantitative estimate of drug-likeness (QED) is 0.836. The molecule has 1 fully saturated rings. The molecular weight excluding hydrogens is 264 g/mol. The molecule has 1 aliphatic rings. The lowest BCUT2D eigenvalue weighted by Gasteiger charge is -2.28. The number of hydrogen-bond acceptors (Lipinski definition) is 3. The molecule has 0 amide bonds. The molecule has 0 aromatic heterocycles. The van der Waals surface area contributed by atoms with Crippen molar-refractivity contribution in [3.05, 3.63) is 35.4 Å². The topological polar surface area (TPSA) is 43.8 Å². The Bertz CT molecular complexity index is 476. The minimum atomic E-state index is -0.766. The van der Waals surface area contributed by atoms with Crippen molar-refractivity contribution in [3.8, 4) is 0 Å². The van der Waals surface area contributed by atoms with Crippen molar-refractivity contribution in [3.63, 3.8) is 0 Å². The van der Waals surface area contributed by atoms with Gasteiger partial charge < -0.3 is 10.0 Å². The molecule has 1 N–H and O–H groups in total. The van der Waals surface area contributed by atoms with Crippen LogP contribution in [0, 0.1) is 0 Å². The third-order valence-electron chi connectivity index (χ3n) is 4.33. The fourth-order valence-electron chi connectivity index (χ4n) is 3.28. The molecule has 4 nitrogen and oxygen atoms in total. The van der Waals surface area contributed by atoms with E-state index in [1.54, 1.807) is 0 Å². The van der Waals surface area contributed by atoms with Crippen LogP contribution in [0.5, 0.6) is 0 Å². The molecule has 1 heterocycles. The Labute approximate surface area is 127 Å². The molecule has 21 heavy (non-hydrogen) atoms. The summed E-state index contributed by atoms with van der Waals surface area (Å²) >= 11 is 0. The average molecular weight is 290 g/mol. The Morgan fingerprint density at radius 1 is 1.38 bits per heavy atom. The zero-order valence-electron chi connectivity index (χ0n) is 13.1. The van der Waals surface area contributed by atoms with Gasteiger partial charge in [-0.2, -0.15) is 0 Å². The van der Waals surface area contributed by atoms with Crippen LogP contribution in [0.1, 0.15) is 30.9 Å². The van der Waals surface area contributed by atoms with Gasteiger partial charge in [0.25, 0.3) is 0 Å². The van der Waals surface area contributed by atoms with Crippen LogP contribution in [0.3, 0.4) is 0 Å². The highest BCUT2D eigenvalue weighted by atomic mass is 16.4. The zero-order chi connectivity index (χ0) is 15.2. The standard InChI is InChI=1S/C17H26N2O2/c1-3-19-10-6-9-16(19)13-18(2)12-15-8-5-4-7-14(15)11-17(20)21/h4-5,7-8,16H,3,6,9-13H2,1-2H3,(H,20,21). The molecular formula is C17H26N2O2. The molecule has 1 unspecified atom stereocenters. The molecule has 4 heteroatoms. The van der Waals surface area contributed by atoms with Crippen LogP contribution in [0.4, 0.5) is 0 Å². The Morgan fingerprint density at radius 2 is 2.10 bits per heavy atom. The summed E-state index contributed by atoms with van der Waals surface area (Å²) < 4.78 is 0. The van der Waals surface area contributed by atoms with Crippen molar-refractivity contribution < 1.29 is 9.90 Å². The number of benzene rings is 1. The summed E-state index contributed by atoms with van der Waals surface area (Å²) in [5.41, 5.74) is 2.05. The van der Waals surface area contributed by atoms with Gasteiger partial charge in [0.2, 0.25) is 0 Å². The van der Waals surface area contributed by atoms with E-state index in [0.717, 1.165) is 30.8 Å². The highest BCUT2D eigenvalue weighted by Crippen LogP contribution is 2.19. The maximum absolute atomic E-state index is 10.9. The normalized spacial score (nSPS) is 19.3. The monoisotopic (exact) mass is 290 g/mol. The second kappa shape index (κ2) is 7.57. The molecule has 1 aliphatic heterocycles. The van der Waals surface area contributed by atoms with E-state index in [4.69, 9.17) is 5.11 Å². The molecule has 0 aliphatic carbocycles. The van der Waals surface area contributed by atoms with Crippen LogP contribution in [0.25, 0.3) is 0 Å². The Morgan fingerprint density at radius 3 is 2.76 bits per heavy atom. The number of aliphatic carboxylic acids is 1. The molecule has 1 aromatic rings. The van der Waals surface area contributed by atoms with Crippen LogP contribution in [0.2, 0.25) is 0 Å². The molecule has 0 bridgehead atoms. The second-order valence-corrected chi connectivity index (χ2v) is 5.96. The lowest BCUT2D eigenvalue weighted by atomic mass is 10.0. The predicted molar refractivity (Wildman–Crippen MR) is 84.4 cm³/mol. The molecule has 116 valence electrons. The fraction of sp³-hybridized carbons (Fsp3) is 0.588. The fourth-order valence-corrected chi connectivity index (χ4v) is 3.28. The first-order valence-corrected chi connectivity index (χ1v) is 7.81. The van der Waals surface area contributed by atoms with Crippen molar-refractivity contribution in [1.29, 1.82) is 0 Å². The summed E-state index contributed by atoms with van der Waals surface area (Å²) in [7, 11) is 2.13. The van der Waals surface area contributed by atoms with Crippen molar-refractivity contribution in [1.82, 2.24) is 9.80 Å². The summed E-state index contributed by atoms with van der Waals surface area (Å²) in [4.78, 5) is 15.8. The van der Waals surface area contributed by atoms with E-state index < -0.39 is 5.97 Å². The summed E-state index contributed by atoms with van der Waals surface area (Å²) in [5.74, 6) is -0.766. The molecule has 0 saturated carbocycles. The number of nitrogens with zero attached hydrogens (tertiary/aromatic N) is 2. The third kappa shape index (κ3) is 4.55. The first-order valence-electron chi connectivity index (χ1n) is 7.81. The SMILES string of the molecule is CCN1CCCC1CN(C)Cc1ccccc1CC(=O)O. The lowest BCUT2D eigenvalue weighted by molar-refractivity contribution is -0.136. The van der Waals surface area contributed by atoms with Gasteiger partial charge in [0.15, 0.2) is 0 Å². The Balaban J connectivity index is 1.96. The minimum absolute atomic E-state index is 0.106. The van der Waals surface area contributed by atoms with Gasteiger partial charge in [-0.3, -0.25) is 9.69 Å². The van der Waals surface area contributed by atoms with E-state index in [9.17, 15) is 4.79 Å². The third-order valence-corrected chi connectivity index (χ3v) is 4.33. The summed E-state index contributed by atoms with van der Waals surface area (Å²) in [5, 5.41) is 9.00. The van der Waals surface area contributed by atoms with Crippen LogP contribution < -0.4 is 0 Å². The number of rotatable bonds is 7. The maximum atomic E-state index is 10.9. The van der Waals surface area contributed by atoms with Gasteiger partial charge in [0.05, 0.1) is 6.42 Å². The summed E-state index contributed by atoms with van der Waals surface area (Å²) in [6.45, 7) is 6.42. The smallest absolute Gasteiger partial charge is 0.307 e. The van der Waals surface area contributed by atoms with Crippen LogP contribution in [-0.2, 0) is 17.8 Å². The Kier molecular flexibility index (Phi) is 5.76. The van der Waals surface area contributed by atoms with Crippen LogP contribution in [-0.4, -0.2) is 53.6 Å². The van der Waals surface area contributed by atoms with E-state index in [1.165, 1.54) is 19.4 Å². The Hall–Kier alpha value is -1.39. The van der Waals surface area contributed by atoms with E-state index >= 15 is 0 Å². The van der Waals surface area contributed by atoms with Gasteiger partial charge in [-0.15, -0.1) is 0 Å². The van der Waals surface area contributed by atoms with Gasteiger partial charge in [0.1, 0.15) is 0 Å². The number of hydrogen-bond donors (Lipinski definition) is 1. The van der Waals surface area contributed by atoms with E-state index in [0.29, 0.717) is 6.04 Å². The molecule has 0 spiro atoms. The summed E-state index contributed by atoms with van der Waals surface area (Å²) in [6.07, 6.45) is 2.67. The minimum Gasteiger partial charge on any atom is -0.481 e. The average Bonchev–Trinajstić information content (AvgIpc) is 2.87. The van der Waals surface area contributed by atoms with Gasteiger partial charge in [-0.25, -0.2) is 0 Å². The lowest BCUT2D eigenvalue weighted by Crippen LogP contribution is -2.38. The molecule has 1 atom stereocenters. The number of carboxylic acid groups (broad SMARTS) is 1.